The Morgan fingerprint density at radius 2 is 1.84 bits per heavy atom. The maximum absolute atomic E-state index is 4.57. The van der Waals surface area contributed by atoms with Gasteiger partial charge in [0.05, 0.1) is 0 Å². The van der Waals surface area contributed by atoms with E-state index in [0.29, 0.717) is 6.54 Å². The third-order valence-corrected chi connectivity index (χ3v) is 6.11. The van der Waals surface area contributed by atoms with Crippen LogP contribution in [0.2, 0.25) is 0 Å². The molecule has 1 fully saturated rings. The molecule has 0 radical (unpaired) electrons. The van der Waals surface area contributed by atoms with Gasteiger partial charge in [0.1, 0.15) is 11.6 Å². The summed E-state index contributed by atoms with van der Waals surface area (Å²) in [6, 6.07) is 15.0. The summed E-state index contributed by atoms with van der Waals surface area (Å²) >= 11 is 0. The second-order valence-electron chi connectivity index (χ2n) is 8.00. The summed E-state index contributed by atoms with van der Waals surface area (Å²) in [4.78, 5) is 13.2. The van der Waals surface area contributed by atoms with Gasteiger partial charge in [0.15, 0.2) is 5.96 Å². The fraction of sp³-hybridized carbons (Fsp3) is 0.375. The number of benzene rings is 1. The molecule has 0 bridgehead atoms. The highest BCUT2D eigenvalue weighted by Crippen LogP contribution is 2.40. The van der Waals surface area contributed by atoms with Gasteiger partial charge in [-0.15, -0.1) is 24.0 Å². The minimum atomic E-state index is 0. The van der Waals surface area contributed by atoms with Crippen LogP contribution in [0.1, 0.15) is 42.6 Å². The minimum absolute atomic E-state index is 0. The predicted octanol–water partition coefficient (Wildman–Crippen LogP) is 4.37. The lowest BCUT2D eigenvalue weighted by molar-refractivity contribution is 0.431. The van der Waals surface area contributed by atoms with E-state index in [9.17, 15) is 0 Å². The Balaban J connectivity index is 0.00000272. The third kappa shape index (κ3) is 5.44. The Morgan fingerprint density at radius 1 is 1.06 bits per heavy atom. The number of nitrogens with one attached hydrogen (secondary N) is 2. The predicted molar refractivity (Wildman–Crippen MR) is 136 cm³/mol. The first-order valence-corrected chi connectivity index (χ1v) is 10.7. The van der Waals surface area contributed by atoms with Crippen LogP contribution in [0, 0.1) is 6.92 Å². The molecule has 1 aromatic carbocycles. The molecule has 3 aromatic rings. The largest absolute Gasteiger partial charge is 0.356 e. The van der Waals surface area contributed by atoms with Crippen molar-refractivity contribution < 1.29 is 0 Å². The molecule has 1 aliphatic carbocycles. The Hall–Kier alpha value is -2.42. The van der Waals surface area contributed by atoms with E-state index in [0.717, 1.165) is 29.7 Å². The minimum Gasteiger partial charge on any atom is -0.356 e. The van der Waals surface area contributed by atoms with Crippen molar-refractivity contribution in [1.82, 2.24) is 25.2 Å². The first kappa shape index (κ1) is 23.2. The van der Waals surface area contributed by atoms with E-state index < -0.39 is 0 Å². The first-order valence-electron chi connectivity index (χ1n) is 10.7. The monoisotopic (exact) mass is 530 g/mol. The van der Waals surface area contributed by atoms with Gasteiger partial charge in [0.25, 0.3) is 0 Å². The van der Waals surface area contributed by atoms with Crippen molar-refractivity contribution in [2.45, 2.75) is 44.6 Å². The highest BCUT2D eigenvalue weighted by atomic mass is 127. The molecule has 0 spiro atoms. The van der Waals surface area contributed by atoms with Crippen LogP contribution >= 0.6 is 24.0 Å². The van der Waals surface area contributed by atoms with Crippen molar-refractivity contribution in [1.29, 1.82) is 0 Å². The molecule has 7 heteroatoms. The van der Waals surface area contributed by atoms with Gasteiger partial charge < -0.3 is 10.6 Å². The number of hydrogen-bond acceptors (Lipinski definition) is 3. The van der Waals surface area contributed by atoms with E-state index >= 15 is 0 Å². The molecule has 0 aliphatic heterocycles. The van der Waals surface area contributed by atoms with Crippen molar-refractivity contribution in [2.24, 2.45) is 4.99 Å². The zero-order valence-electron chi connectivity index (χ0n) is 18.2. The average molecular weight is 530 g/mol. The Bertz CT molecular complexity index is 975. The molecule has 164 valence electrons. The molecule has 1 aliphatic rings. The van der Waals surface area contributed by atoms with E-state index in [4.69, 9.17) is 0 Å². The van der Waals surface area contributed by atoms with Crippen molar-refractivity contribution in [3.8, 4) is 5.82 Å². The number of hydrogen-bond donors (Lipinski definition) is 2. The second-order valence-corrected chi connectivity index (χ2v) is 8.00. The van der Waals surface area contributed by atoms with Gasteiger partial charge in [0, 0.05) is 44.1 Å². The number of halogens is 1. The van der Waals surface area contributed by atoms with E-state index in [1.165, 1.54) is 31.2 Å². The molecule has 2 heterocycles. The van der Waals surface area contributed by atoms with Crippen LogP contribution in [0.15, 0.2) is 66.0 Å². The van der Waals surface area contributed by atoms with Gasteiger partial charge in [-0.2, -0.15) is 0 Å². The quantitative estimate of drug-likeness (QED) is 0.282. The summed E-state index contributed by atoms with van der Waals surface area (Å²) in [7, 11) is 1.82. The molecular formula is C24H31IN6. The van der Waals surface area contributed by atoms with Crippen LogP contribution in [0.5, 0.6) is 0 Å². The van der Waals surface area contributed by atoms with Gasteiger partial charge in [-0.3, -0.25) is 9.56 Å². The van der Waals surface area contributed by atoms with Crippen molar-refractivity contribution in [2.75, 3.05) is 13.6 Å². The third-order valence-electron chi connectivity index (χ3n) is 6.11. The van der Waals surface area contributed by atoms with E-state index in [1.807, 2.05) is 37.0 Å². The molecule has 2 N–H and O–H groups in total. The van der Waals surface area contributed by atoms with Crippen molar-refractivity contribution in [3.05, 3.63) is 78.0 Å². The van der Waals surface area contributed by atoms with Crippen molar-refractivity contribution in [3.63, 3.8) is 0 Å². The van der Waals surface area contributed by atoms with E-state index in [-0.39, 0.29) is 29.4 Å². The lowest BCUT2D eigenvalue weighted by Gasteiger charge is -2.30. The fourth-order valence-corrected chi connectivity index (χ4v) is 4.35. The summed E-state index contributed by atoms with van der Waals surface area (Å²) in [6.45, 7) is 3.54. The summed E-state index contributed by atoms with van der Waals surface area (Å²) in [5, 5.41) is 6.99. The van der Waals surface area contributed by atoms with Crippen LogP contribution < -0.4 is 10.6 Å². The van der Waals surface area contributed by atoms with E-state index in [1.54, 1.807) is 6.20 Å². The summed E-state index contributed by atoms with van der Waals surface area (Å²) in [6.07, 6.45) is 10.6. The molecule has 2 aromatic heterocycles. The number of nitrogens with zero attached hydrogens (tertiary/aromatic N) is 4. The van der Waals surface area contributed by atoms with Crippen LogP contribution in [0.4, 0.5) is 0 Å². The molecule has 31 heavy (non-hydrogen) atoms. The SMILES string of the molecule is CN=C(NCc1ccc(-n2ccnc2C)nc1)NCC1(c2ccccc2)CCCC1.I. The zero-order valence-corrected chi connectivity index (χ0v) is 20.5. The molecule has 4 rings (SSSR count). The van der Waals surface area contributed by atoms with Crippen LogP contribution in [0.25, 0.3) is 5.82 Å². The molecule has 1 saturated carbocycles. The summed E-state index contributed by atoms with van der Waals surface area (Å²) in [5.41, 5.74) is 2.74. The Kier molecular flexibility index (Phi) is 8.06. The van der Waals surface area contributed by atoms with Gasteiger partial charge in [-0.1, -0.05) is 49.2 Å². The maximum atomic E-state index is 4.57. The Labute approximate surface area is 201 Å². The summed E-state index contributed by atoms with van der Waals surface area (Å²) in [5.74, 6) is 2.63. The van der Waals surface area contributed by atoms with Gasteiger partial charge in [-0.05, 0) is 37.0 Å². The molecule has 6 nitrogen and oxygen atoms in total. The number of guanidine groups is 1. The number of aryl methyl sites for hydroxylation is 1. The molecule has 0 amide bonds. The van der Waals surface area contributed by atoms with Crippen molar-refractivity contribution >= 4 is 29.9 Å². The number of aromatic nitrogens is 3. The Morgan fingerprint density at radius 3 is 2.45 bits per heavy atom. The van der Waals surface area contributed by atoms with Gasteiger partial charge >= 0.3 is 0 Å². The highest BCUT2D eigenvalue weighted by molar-refractivity contribution is 14.0. The normalized spacial score (nSPS) is 15.4. The molecule has 0 unspecified atom stereocenters. The summed E-state index contributed by atoms with van der Waals surface area (Å²) < 4.78 is 1.97. The fourth-order valence-electron chi connectivity index (χ4n) is 4.35. The van der Waals surface area contributed by atoms with Crippen LogP contribution in [-0.2, 0) is 12.0 Å². The number of imidazole rings is 1. The topological polar surface area (TPSA) is 67.1 Å². The number of aliphatic imine (C=N–C) groups is 1. The van der Waals surface area contributed by atoms with Gasteiger partial charge in [0.2, 0.25) is 0 Å². The standard InChI is InChI=1S/C24H30N6.HI/c1-19-26-14-15-30(19)22-11-10-20(16-27-22)17-28-23(25-2)29-18-24(12-6-7-13-24)21-8-4-3-5-9-21;/h3-5,8-11,14-16H,6-7,12-13,17-18H2,1-2H3,(H2,25,28,29);1H. The highest BCUT2D eigenvalue weighted by Gasteiger charge is 2.35. The average Bonchev–Trinajstić information content (AvgIpc) is 3.45. The molecule has 0 atom stereocenters. The number of pyridine rings is 1. The van der Waals surface area contributed by atoms with E-state index in [2.05, 4.69) is 62.0 Å². The van der Waals surface area contributed by atoms with Gasteiger partial charge in [-0.25, -0.2) is 9.97 Å². The first-order chi connectivity index (χ1) is 14.7. The van der Waals surface area contributed by atoms with Crippen LogP contribution in [-0.4, -0.2) is 34.1 Å². The zero-order chi connectivity index (χ0) is 20.8. The lowest BCUT2D eigenvalue weighted by atomic mass is 9.79. The molecular weight excluding hydrogens is 499 g/mol. The maximum Gasteiger partial charge on any atom is 0.191 e. The van der Waals surface area contributed by atoms with Crippen LogP contribution in [0.3, 0.4) is 0 Å². The molecule has 0 saturated heterocycles. The lowest BCUT2D eigenvalue weighted by Crippen LogP contribution is -2.44. The second kappa shape index (κ2) is 10.7. The number of rotatable bonds is 6. The smallest absolute Gasteiger partial charge is 0.191 e.